The predicted molar refractivity (Wildman–Crippen MR) is 106 cm³/mol. The fourth-order valence-corrected chi connectivity index (χ4v) is 3.84. The number of para-hydroxylation sites is 1. The first-order chi connectivity index (χ1) is 12.8. The maximum Gasteiger partial charge on any atom is 0.221 e. The molecule has 144 valence electrons. The highest BCUT2D eigenvalue weighted by Crippen LogP contribution is 2.40. The van der Waals surface area contributed by atoms with Gasteiger partial charge in [-0.1, -0.05) is 30.0 Å². The van der Waals surface area contributed by atoms with Gasteiger partial charge in [0.25, 0.3) is 0 Å². The molecule has 3 rings (SSSR count). The summed E-state index contributed by atoms with van der Waals surface area (Å²) in [6.45, 7) is 5.27. The summed E-state index contributed by atoms with van der Waals surface area (Å²) in [7, 11) is 0. The SMILES string of the molecule is CC(=O)CC(C)(C)NC(=O)CCSc1nc(C2CC2)n(-c2ccccc2)n1. The maximum absolute atomic E-state index is 12.2. The number of carbonyl (C=O) groups is 2. The molecule has 1 N–H and O–H groups in total. The highest BCUT2D eigenvalue weighted by atomic mass is 32.2. The summed E-state index contributed by atoms with van der Waals surface area (Å²) in [5.41, 5.74) is 0.502. The van der Waals surface area contributed by atoms with Crippen LogP contribution in [0.15, 0.2) is 35.5 Å². The van der Waals surface area contributed by atoms with Crippen LogP contribution in [-0.4, -0.2) is 37.7 Å². The summed E-state index contributed by atoms with van der Waals surface area (Å²) in [5.74, 6) is 2.11. The molecule has 0 saturated heterocycles. The summed E-state index contributed by atoms with van der Waals surface area (Å²) >= 11 is 1.49. The number of benzene rings is 1. The Hall–Kier alpha value is -2.15. The lowest BCUT2D eigenvalue weighted by atomic mass is 9.98. The summed E-state index contributed by atoms with van der Waals surface area (Å²) in [6.07, 6.45) is 3.01. The number of hydrogen-bond donors (Lipinski definition) is 1. The molecule has 2 aromatic rings. The van der Waals surface area contributed by atoms with E-state index in [-0.39, 0.29) is 11.7 Å². The van der Waals surface area contributed by atoms with Crippen LogP contribution in [0.25, 0.3) is 5.69 Å². The van der Waals surface area contributed by atoms with Crippen molar-refractivity contribution in [3.8, 4) is 5.69 Å². The molecule has 0 radical (unpaired) electrons. The lowest BCUT2D eigenvalue weighted by Gasteiger charge is -2.24. The molecular formula is C20H26N4O2S. The number of aromatic nitrogens is 3. The molecule has 1 heterocycles. The van der Waals surface area contributed by atoms with E-state index in [1.807, 2.05) is 48.9 Å². The zero-order valence-corrected chi connectivity index (χ0v) is 16.9. The van der Waals surface area contributed by atoms with Crippen LogP contribution in [0.4, 0.5) is 0 Å². The van der Waals surface area contributed by atoms with Crippen LogP contribution in [0.5, 0.6) is 0 Å². The van der Waals surface area contributed by atoms with E-state index in [9.17, 15) is 9.59 Å². The second-order valence-electron chi connectivity index (χ2n) is 7.68. The van der Waals surface area contributed by atoms with Crippen molar-refractivity contribution in [2.45, 2.75) is 63.1 Å². The molecule has 1 aliphatic rings. The molecule has 0 unspecified atom stereocenters. The average molecular weight is 387 g/mol. The third kappa shape index (κ3) is 5.66. The molecule has 1 aromatic carbocycles. The molecule has 27 heavy (non-hydrogen) atoms. The first-order valence-corrected chi connectivity index (χ1v) is 10.3. The van der Waals surface area contributed by atoms with Gasteiger partial charge in [-0.3, -0.25) is 9.59 Å². The van der Waals surface area contributed by atoms with Gasteiger partial charge in [-0.25, -0.2) is 9.67 Å². The lowest BCUT2D eigenvalue weighted by molar-refractivity contribution is -0.123. The lowest BCUT2D eigenvalue weighted by Crippen LogP contribution is -2.44. The van der Waals surface area contributed by atoms with Crippen molar-refractivity contribution in [3.05, 3.63) is 36.2 Å². The number of rotatable bonds is 9. The van der Waals surface area contributed by atoms with Gasteiger partial charge in [0.05, 0.1) is 5.69 Å². The summed E-state index contributed by atoms with van der Waals surface area (Å²) < 4.78 is 1.93. The molecule has 0 spiro atoms. The third-order valence-electron chi connectivity index (χ3n) is 4.28. The van der Waals surface area contributed by atoms with Crippen molar-refractivity contribution in [3.63, 3.8) is 0 Å². The molecule has 1 fully saturated rings. The van der Waals surface area contributed by atoms with E-state index >= 15 is 0 Å². The van der Waals surface area contributed by atoms with Gasteiger partial charge in [0.15, 0.2) is 0 Å². The van der Waals surface area contributed by atoms with Gasteiger partial charge in [0.1, 0.15) is 11.6 Å². The Bertz CT molecular complexity index is 813. The number of thioether (sulfide) groups is 1. The molecule has 0 aliphatic heterocycles. The van der Waals surface area contributed by atoms with E-state index < -0.39 is 5.54 Å². The second-order valence-corrected chi connectivity index (χ2v) is 8.75. The zero-order valence-electron chi connectivity index (χ0n) is 16.1. The summed E-state index contributed by atoms with van der Waals surface area (Å²) in [6, 6.07) is 10.0. The number of ketones is 1. The van der Waals surface area contributed by atoms with Crippen molar-refractivity contribution in [2.24, 2.45) is 0 Å². The van der Waals surface area contributed by atoms with Crippen molar-refractivity contribution in [2.75, 3.05) is 5.75 Å². The maximum atomic E-state index is 12.2. The van der Waals surface area contributed by atoms with Crippen molar-refractivity contribution < 1.29 is 9.59 Å². The van der Waals surface area contributed by atoms with Crippen molar-refractivity contribution in [1.82, 2.24) is 20.1 Å². The highest BCUT2D eigenvalue weighted by Gasteiger charge is 2.30. The average Bonchev–Trinajstić information content (AvgIpc) is 3.34. The molecule has 1 amide bonds. The number of carbonyl (C=O) groups excluding carboxylic acids is 2. The minimum atomic E-state index is -0.514. The van der Waals surface area contributed by atoms with Crippen LogP contribution < -0.4 is 5.32 Å². The highest BCUT2D eigenvalue weighted by molar-refractivity contribution is 7.99. The number of amides is 1. The molecule has 1 aliphatic carbocycles. The Labute approximate surface area is 164 Å². The smallest absolute Gasteiger partial charge is 0.221 e. The van der Waals surface area contributed by atoms with E-state index in [1.54, 1.807) is 0 Å². The Morgan fingerprint density at radius 3 is 2.59 bits per heavy atom. The number of nitrogens with zero attached hydrogens (tertiary/aromatic N) is 3. The fourth-order valence-electron chi connectivity index (χ4n) is 3.07. The first kappa shape index (κ1) is 19.6. The van der Waals surface area contributed by atoms with Gasteiger partial charge >= 0.3 is 0 Å². The Morgan fingerprint density at radius 1 is 1.26 bits per heavy atom. The zero-order chi connectivity index (χ0) is 19.4. The van der Waals surface area contributed by atoms with E-state index in [0.717, 1.165) is 24.4 Å². The topological polar surface area (TPSA) is 76.9 Å². The standard InChI is InChI=1S/C20H26N4O2S/c1-14(25)13-20(2,3)22-17(26)11-12-27-19-21-18(15-9-10-15)24(23-19)16-7-5-4-6-8-16/h4-8,15H,9-13H2,1-3H3,(H,22,26). The van der Waals surface area contributed by atoms with Crippen molar-refractivity contribution >= 4 is 23.5 Å². The van der Waals surface area contributed by atoms with Crippen LogP contribution in [0.1, 0.15) is 58.2 Å². The van der Waals surface area contributed by atoms with E-state index in [4.69, 9.17) is 4.98 Å². The van der Waals surface area contributed by atoms with Gasteiger partial charge in [-0.2, -0.15) is 0 Å². The predicted octanol–water partition coefficient (Wildman–Crippen LogP) is 3.50. The van der Waals surface area contributed by atoms with Crippen LogP contribution in [0, 0.1) is 0 Å². The van der Waals surface area contributed by atoms with Crippen molar-refractivity contribution in [1.29, 1.82) is 0 Å². The molecular weight excluding hydrogens is 360 g/mol. The van der Waals surface area contributed by atoms with Crippen LogP contribution in [0.2, 0.25) is 0 Å². The molecule has 0 atom stereocenters. The molecule has 7 heteroatoms. The van der Waals surface area contributed by atoms with Gasteiger partial charge in [-0.15, -0.1) is 5.10 Å². The number of nitrogens with one attached hydrogen (secondary N) is 1. The molecule has 1 saturated carbocycles. The molecule has 1 aromatic heterocycles. The summed E-state index contributed by atoms with van der Waals surface area (Å²) in [5, 5.41) is 8.28. The fraction of sp³-hybridized carbons (Fsp3) is 0.500. The Balaban J connectivity index is 1.57. The largest absolute Gasteiger partial charge is 0.351 e. The number of Topliss-reactive ketones (excluding diaryl/α,β-unsaturated/α-hetero) is 1. The van der Waals surface area contributed by atoms with Gasteiger partial charge in [0, 0.05) is 30.1 Å². The molecule has 6 nitrogen and oxygen atoms in total. The number of hydrogen-bond acceptors (Lipinski definition) is 5. The van der Waals surface area contributed by atoms with E-state index in [1.165, 1.54) is 18.7 Å². The third-order valence-corrected chi connectivity index (χ3v) is 5.12. The van der Waals surface area contributed by atoms with E-state index in [2.05, 4.69) is 10.4 Å². The minimum absolute atomic E-state index is 0.0568. The Kier molecular flexibility index (Phi) is 5.99. The van der Waals surface area contributed by atoms with E-state index in [0.29, 0.717) is 29.7 Å². The van der Waals surface area contributed by atoms with Gasteiger partial charge in [0.2, 0.25) is 11.1 Å². The van der Waals surface area contributed by atoms with Crippen LogP contribution in [0.3, 0.4) is 0 Å². The monoisotopic (exact) mass is 386 g/mol. The first-order valence-electron chi connectivity index (χ1n) is 9.30. The van der Waals surface area contributed by atoms with Gasteiger partial charge < -0.3 is 5.32 Å². The van der Waals surface area contributed by atoms with Gasteiger partial charge in [-0.05, 0) is 45.7 Å². The van der Waals surface area contributed by atoms with Crippen LogP contribution >= 0.6 is 11.8 Å². The molecule has 0 bridgehead atoms. The summed E-state index contributed by atoms with van der Waals surface area (Å²) in [4.78, 5) is 28.1. The Morgan fingerprint density at radius 2 is 1.96 bits per heavy atom. The second kappa shape index (κ2) is 8.25. The minimum Gasteiger partial charge on any atom is -0.351 e. The van der Waals surface area contributed by atoms with Crippen LogP contribution in [-0.2, 0) is 9.59 Å². The normalized spacial score (nSPS) is 14.2. The quantitative estimate of drug-likeness (QED) is 0.668.